The molecule has 0 radical (unpaired) electrons. The molecule has 2 amide bonds. The number of benzene rings is 1. The van der Waals surface area contributed by atoms with Crippen LogP contribution in [0.5, 0.6) is 0 Å². The van der Waals surface area contributed by atoms with E-state index >= 15 is 0 Å². The number of amides is 2. The lowest BCUT2D eigenvalue weighted by Crippen LogP contribution is -2.52. The number of rotatable bonds is 7. The Morgan fingerprint density at radius 2 is 1.68 bits per heavy atom. The maximum atomic E-state index is 12.2. The summed E-state index contributed by atoms with van der Waals surface area (Å²) in [5, 5.41) is 12.7. The zero-order valence-corrected chi connectivity index (χ0v) is 13.1. The molecule has 7 nitrogen and oxygen atoms in total. The number of hydrogen-bond acceptors (Lipinski definition) is 5. The van der Waals surface area contributed by atoms with Crippen molar-refractivity contribution in [2.75, 3.05) is 0 Å². The second kappa shape index (κ2) is 8.40. The van der Waals surface area contributed by atoms with Crippen molar-refractivity contribution >= 4 is 29.5 Å². The number of carboxylic acids is 1. The smallest absolute Gasteiger partial charge is 0.325 e. The van der Waals surface area contributed by atoms with E-state index in [1.54, 1.807) is 24.3 Å². The summed E-state index contributed by atoms with van der Waals surface area (Å²) >= 11 is 1.10. The number of nitrogens with one attached hydrogen (secondary N) is 2. The van der Waals surface area contributed by atoms with Crippen LogP contribution in [0.15, 0.2) is 35.2 Å². The fourth-order valence-corrected chi connectivity index (χ4v) is 2.33. The molecule has 5 N–H and O–H groups in total. The van der Waals surface area contributed by atoms with Crippen LogP contribution in [0.3, 0.4) is 0 Å². The zero-order valence-electron chi connectivity index (χ0n) is 12.3. The van der Waals surface area contributed by atoms with E-state index in [1.807, 2.05) is 6.07 Å². The maximum absolute atomic E-state index is 12.2. The second-order valence-corrected chi connectivity index (χ2v) is 5.86. The van der Waals surface area contributed by atoms with Crippen LogP contribution in [0.4, 0.5) is 0 Å². The first-order valence-corrected chi connectivity index (χ1v) is 7.50. The molecule has 0 aliphatic heterocycles. The van der Waals surface area contributed by atoms with Gasteiger partial charge in [0.2, 0.25) is 5.91 Å². The fraction of sp³-hybridized carbons (Fsp3) is 0.357. The van der Waals surface area contributed by atoms with Crippen LogP contribution in [0.25, 0.3) is 0 Å². The minimum absolute atomic E-state index is 0.494. The average molecular weight is 325 g/mol. The maximum Gasteiger partial charge on any atom is 0.325 e. The highest BCUT2D eigenvalue weighted by Gasteiger charge is 2.26. The zero-order chi connectivity index (χ0) is 16.7. The number of carboxylic acid groups (broad SMARTS) is 1. The van der Waals surface area contributed by atoms with Crippen LogP contribution in [-0.2, 0) is 14.4 Å². The largest absolute Gasteiger partial charge is 0.480 e. The van der Waals surface area contributed by atoms with Crippen LogP contribution >= 0.6 is 11.8 Å². The second-order valence-electron chi connectivity index (χ2n) is 4.68. The number of hydrogen-bond donors (Lipinski definition) is 4. The lowest BCUT2D eigenvalue weighted by molar-refractivity contribution is -0.141. The normalized spacial score (nSPS) is 14.5. The number of nitrogens with two attached hydrogens (primary N) is 1. The fourth-order valence-electron chi connectivity index (χ4n) is 1.40. The number of carbonyl (C=O) groups excluding carboxylic acids is 2. The van der Waals surface area contributed by atoms with Gasteiger partial charge in [0, 0.05) is 4.90 Å². The molecule has 0 aliphatic carbocycles. The lowest BCUT2D eigenvalue weighted by Gasteiger charge is -2.20. The first-order valence-electron chi connectivity index (χ1n) is 6.62. The molecule has 0 bridgehead atoms. The minimum Gasteiger partial charge on any atom is -0.480 e. The van der Waals surface area contributed by atoms with Gasteiger partial charge in [-0.1, -0.05) is 30.0 Å². The molecule has 0 spiro atoms. The Balaban J connectivity index is 2.83. The van der Waals surface area contributed by atoms with E-state index in [1.165, 1.54) is 13.8 Å². The monoisotopic (exact) mass is 325 g/mol. The minimum atomic E-state index is -1.16. The summed E-state index contributed by atoms with van der Waals surface area (Å²) in [4.78, 5) is 35.5. The average Bonchev–Trinajstić information content (AvgIpc) is 2.47. The molecule has 1 aromatic rings. The summed E-state index contributed by atoms with van der Waals surface area (Å²) in [6.07, 6.45) is 0. The molecule has 1 rings (SSSR count). The van der Waals surface area contributed by atoms with Gasteiger partial charge in [-0.05, 0) is 26.0 Å². The van der Waals surface area contributed by atoms with Gasteiger partial charge in [-0.25, -0.2) is 0 Å². The van der Waals surface area contributed by atoms with E-state index in [-0.39, 0.29) is 0 Å². The molecule has 120 valence electrons. The van der Waals surface area contributed by atoms with Gasteiger partial charge in [0.05, 0.1) is 6.04 Å². The molecule has 1 aromatic carbocycles. The Morgan fingerprint density at radius 3 is 2.18 bits per heavy atom. The molecular weight excluding hydrogens is 306 g/mol. The van der Waals surface area contributed by atoms with Crippen molar-refractivity contribution in [1.82, 2.24) is 10.6 Å². The molecule has 0 fully saturated rings. The van der Waals surface area contributed by atoms with Crippen molar-refractivity contribution in [2.24, 2.45) is 5.73 Å². The Morgan fingerprint density at radius 1 is 1.09 bits per heavy atom. The highest BCUT2D eigenvalue weighted by atomic mass is 32.2. The summed E-state index contributed by atoms with van der Waals surface area (Å²) in [5.41, 5.74) is 5.48. The van der Waals surface area contributed by atoms with Gasteiger partial charge in [-0.3, -0.25) is 14.4 Å². The van der Waals surface area contributed by atoms with Crippen LogP contribution in [0, 0.1) is 0 Å². The Hall–Kier alpha value is -2.06. The van der Waals surface area contributed by atoms with Crippen molar-refractivity contribution in [3.05, 3.63) is 30.3 Å². The molecule has 0 heterocycles. The van der Waals surface area contributed by atoms with Crippen molar-refractivity contribution in [1.29, 1.82) is 0 Å². The summed E-state index contributed by atoms with van der Waals surface area (Å²) in [6.45, 7) is 2.84. The standard InChI is InChI=1S/C14H19N3O4S/c1-8(15)11(18)17-13(12(19)16-9(2)14(20)21)22-10-6-4-3-5-7-10/h3-9,13H,15H2,1-2H3,(H,16,19)(H,17,18)(H,20,21). The first-order chi connectivity index (χ1) is 10.3. The van der Waals surface area contributed by atoms with E-state index in [9.17, 15) is 14.4 Å². The van der Waals surface area contributed by atoms with Gasteiger partial charge in [0.1, 0.15) is 6.04 Å². The van der Waals surface area contributed by atoms with Crippen molar-refractivity contribution in [3.8, 4) is 0 Å². The predicted molar refractivity (Wildman–Crippen MR) is 83.1 cm³/mol. The van der Waals surface area contributed by atoms with E-state index in [0.717, 1.165) is 16.7 Å². The van der Waals surface area contributed by atoms with Gasteiger partial charge in [-0.2, -0.15) is 0 Å². The number of aliphatic carboxylic acids is 1. The summed E-state index contributed by atoms with van der Waals surface area (Å²) in [7, 11) is 0. The molecule has 0 aliphatic rings. The molecule has 0 saturated carbocycles. The molecule has 22 heavy (non-hydrogen) atoms. The SMILES string of the molecule is CC(N)C(=O)NC(Sc1ccccc1)C(=O)NC(C)C(=O)O. The molecule has 3 atom stereocenters. The highest BCUT2D eigenvalue weighted by molar-refractivity contribution is 8.00. The van der Waals surface area contributed by atoms with Gasteiger partial charge < -0.3 is 21.5 Å². The van der Waals surface area contributed by atoms with Gasteiger partial charge in [0.15, 0.2) is 5.37 Å². The quantitative estimate of drug-likeness (QED) is 0.418. The van der Waals surface area contributed by atoms with Crippen molar-refractivity contribution < 1.29 is 19.5 Å². The third-order valence-electron chi connectivity index (χ3n) is 2.65. The molecule has 0 saturated heterocycles. The number of carbonyl (C=O) groups is 3. The van der Waals surface area contributed by atoms with Crippen LogP contribution in [0.2, 0.25) is 0 Å². The Bertz CT molecular complexity index is 536. The van der Waals surface area contributed by atoms with Gasteiger partial charge in [-0.15, -0.1) is 0 Å². The van der Waals surface area contributed by atoms with Gasteiger partial charge >= 0.3 is 5.97 Å². The molecule has 0 aromatic heterocycles. The van der Waals surface area contributed by atoms with Crippen molar-refractivity contribution in [3.63, 3.8) is 0 Å². The number of thioether (sulfide) groups is 1. The van der Waals surface area contributed by atoms with Crippen LogP contribution < -0.4 is 16.4 Å². The van der Waals surface area contributed by atoms with E-state index in [0.29, 0.717) is 0 Å². The highest BCUT2D eigenvalue weighted by Crippen LogP contribution is 2.21. The molecule has 8 heteroatoms. The van der Waals surface area contributed by atoms with E-state index in [2.05, 4.69) is 10.6 Å². The van der Waals surface area contributed by atoms with E-state index < -0.39 is 35.2 Å². The summed E-state index contributed by atoms with van der Waals surface area (Å²) < 4.78 is 0. The van der Waals surface area contributed by atoms with Crippen LogP contribution in [0.1, 0.15) is 13.8 Å². The van der Waals surface area contributed by atoms with Gasteiger partial charge in [0.25, 0.3) is 5.91 Å². The topological polar surface area (TPSA) is 122 Å². The van der Waals surface area contributed by atoms with Crippen molar-refractivity contribution in [2.45, 2.75) is 36.2 Å². The lowest BCUT2D eigenvalue weighted by atomic mass is 10.3. The molecular formula is C14H19N3O4S. The Labute approximate surface area is 132 Å². The molecule has 3 unspecified atom stereocenters. The van der Waals surface area contributed by atoms with E-state index in [4.69, 9.17) is 10.8 Å². The third-order valence-corrected chi connectivity index (χ3v) is 3.76. The summed E-state index contributed by atoms with van der Waals surface area (Å²) in [5.74, 6) is -2.25. The van der Waals surface area contributed by atoms with Crippen LogP contribution in [-0.4, -0.2) is 40.3 Å². The summed E-state index contributed by atoms with van der Waals surface area (Å²) in [6, 6.07) is 7.15. The first kappa shape index (κ1) is 18.0. The third kappa shape index (κ3) is 5.74. The predicted octanol–water partition coefficient (Wildman–Crippen LogP) is 0.158. The Kier molecular flexibility index (Phi) is 6.87.